The van der Waals surface area contributed by atoms with Crippen LogP contribution in [0.4, 0.5) is 52.7 Å². The minimum absolute atomic E-state index is 0.532. The molecule has 1 aromatic carbocycles. The highest BCUT2D eigenvalue weighted by molar-refractivity contribution is 6.02. The van der Waals surface area contributed by atoms with Crippen LogP contribution in [0.3, 0.4) is 0 Å². The largest absolute Gasteiger partial charge is 0.507 e. The fraction of sp³-hybridized carbons (Fsp3) is 0.400. The van der Waals surface area contributed by atoms with Gasteiger partial charge in [0.05, 0.1) is 0 Å². The molecule has 0 aliphatic heterocycles. The summed E-state index contributed by atoms with van der Waals surface area (Å²) in [7, 11) is 0. The lowest BCUT2D eigenvalue weighted by atomic mass is 9.74. The van der Waals surface area contributed by atoms with E-state index in [0.29, 0.717) is 24.3 Å². The molecule has 1 saturated carbocycles. The van der Waals surface area contributed by atoms with Gasteiger partial charge in [0, 0.05) is 11.6 Å². The van der Waals surface area contributed by atoms with Crippen molar-refractivity contribution in [1.82, 2.24) is 0 Å². The van der Waals surface area contributed by atoms with E-state index in [-0.39, 0.29) is 0 Å². The fourth-order valence-corrected chi connectivity index (χ4v) is 2.80. The summed E-state index contributed by atoms with van der Waals surface area (Å²) in [5, 5.41) is 9.51. The maximum Gasteiger partial charge on any atom is 0.414 e. The van der Waals surface area contributed by atoms with Gasteiger partial charge in [0.25, 0.3) is 5.41 Å². The zero-order valence-corrected chi connectivity index (χ0v) is 13.3. The number of benzene rings is 1. The molecule has 14 heteroatoms. The van der Waals surface area contributed by atoms with Crippen LogP contribution < -0.4 is 0 Å². The van der Waals surface area contributed by atoms with Crippen molar-refractivity contribution in [2.24, 2.45) is 5.41 Å². The second kappa shape index (κ2) is 6.05. The maximum absolute atomic E-state index is 13.9. The molecule has 0 saturated heterocycles. The number of alkyl halides is 11. The van der Waals surface area contributed by atoms with Crippen molar-refractivity contribution in [3.05, 3.63) is 41.7 Å². The molecule has 2 nitrogen and oxygen atoms in total. The molecule has 0 heterocycles. The van der Waals surface area contributed by atoms with Gasteiger partial charge in [-0.15, -0.1) is 0 Å². The first-order chi connectivity index (χ1) is 12.8. The van der Waals surface area contributed by atoms with E-state index in [9.17, 15) is 62.6 Å². The second-order valence-electron chi connectivity index (χ2n) is 5.95. The Bertz CT molecular complexity index is 825. The highest BCUT2D eigenvalue weighted by Crippen LogP contribution is 2.75. The second-order valence-corrected chi connectivity index (χ2v) is 5.95. The molecule has 2 rings (SSSR count). The van der Waals surface area contributed by atoms with Crippen molar-refractivity contribution in [3.8, 4) is 0 Å². The number of halogens is 12. The van der Waals surface area contributed by atoms with Crippen LogP contribution in [-0.2, 0) is 4.79 Å². The zero-order valence-electron chi connectivity index (χ0n) is 13.3. The average Bonchev–Trinajstić information content (AvgIpc) is 2.59. The highest BCUT2D eigenvalue weighted by atomic mass is 19.4. The summed E-state index contributed by atoms with van der Waals surface area (Å²) >= 11 is 0. The van der Waals surface area contributed by atoms with E-state index in [0.717, 1.165) is 0 Å². The summed E-state index contributed by atoms with van der Waals surface area (Å²) in [6, 6.07) is 2.15. The topological polar surface area (TPSA) is 37.3 Å². The number of aliphatic hydroxyl groups excluding tert-OH is 1. The molecule has 1 aromatic rings. The van der Waals surface area contributed by atoms with E-state index in [1.165, 1.54) is 0 Å². The van der Waals surface area contributed by atoms with Crippen molar-refractivity contribution in [2.45, 2.75) is 29.9 Å². The number of allylic oxidation sites excluding steroid dienone is 1. The SMILES string of the molecule is O=C(/C=C(\O)c1ccc(F)cc1)C1(C(F)(F)F)C(F)(F)C(F)(F)C(F)(F)C1(F)F. The van der Waals surface area contributed by atoms with Gasteiger partial charge in [-0.05, 0) is 24.3 Å². The molecule has 0 atom stereocenters. The third-order valence-corrected chi connectivity index (χ3v) is 4.33. The molecule has 0 radical (unpaired) electrons. The number of rotatable bonds is 3. The van der Waals surface area contributed by atoms with Gasteiger partial charge in [0.15, 0.2) is 5.78 Å². The maximum atomic E-state index is 13.9. The van der Waals surface area contributed by atoms with Crippen LogP contribution in [-0.4, -0.2) is 40.8 Å². The molecular weight excluding hydrogens is 440 g/mol. The van der Waals surface area contributed by atoms with Gasteiger partial charge in [0.2, 0.25) is 0 Å². The Hall–Kier alpha value is -2.41. The number of carbonyl (C=O) groups is 1. The zero-order chi connectivity index (χ0) is 22.8. The lowest BCUT2D eigenvalue weighted by Gasteiger charge is -2.37. The Morgan fingerprint density at radius 2 is 1.17 bits per heavy atom. The third kappa shape index (κ3) is 2.49. The molecule has 0 bridgehead atoms. The Labute approximate surface area is 152 Å². The molecule has 1 fully saturated rings. The van der Waals surface area contributed by atoms with Crippen LogP contribution in [0.25, 0.3) is 5.76 Å². The van der Waals surface area contributed by atoms with Gasteiger partial charge in [-0.3, -0.25) is 4.79 Å². The van der Waals surface area contributed by atoms with Gasteiger partial charge in [-0.25, -0.2) is 4.39 Å². The predicted molar refractivity (Wildman–Crippen MR) is 70.3 cm³/mol. The minimum Gasteiger partial charge on any atom is -0.507 e. The quantitative estimate of drug-likeness (QED) is 0.384. The summed E-state index contributed by atoms with van der Waals surface area (Å²) in [6.07, 6.45) is -8.29. The Kier molecular flexibility index (Phi) is 4.77. The van der Waals surface area contributed by atoms with Crippen molar-refractivity contribution < 1.29 is 62.6 Å². The molecule has 0 amide bonds. The van der Waals surface area contributed by atoms with Crippen molar-refractivity contribution in [3.63, 3.8) is 0 Å². The van der Waals surface area contributed by atoms with Gasteiger partial charge in [-0.2, -0.15) is 48.3 Å². The molecular formula is C15H6F12O2. The fourth-order valence-electron chi connectivity index (χ4n) is 2.80. The van der Waals surface area contributed by atoms with E-state index in [4.69, 9.17) is 0 Å². The van der Waals surface area contributed by atoms with E-state index in [1.807, 2.05) is 0 Å². The standard InChI is InChI=1S/C15H6F12O2/c16-7-3-1-6(2-4-7)8(28)5-9(29)10(15(25,26)27)11(17,18)13(21,22)14(23,24)12(10,19)20/h1-5,28H/b8-5-. The summed E-state index contributed by atoms with van der Waals surface area (Å²) < 4.78 is 161. The molecule has 0 aromatic heterocycles. The summed E-state index contributed by atoms with van der Waals surface area (Å²) in [5.41, 5.74) is -7.70. The van der Waals surface area contributed by atoms with Crippen LogP contribution in [0.1, 0.15) is 5.56 Å². The van der Waals surface area contributed by atoms with Gasteiger partial charge in [0.1, 0.15) is 11.6 Å². The summed E-state index contributed by atoms with van der Waals surface area (Å²) in [6.45, 7) is 0. The highest BCUT2D eigenvalue weighted by Gasteiger charge is 3.06. The van der Waals surface area contributed by atoms with Gasteiger partial charge < -0.3 is 5.11 Å². The summed E-state index contributed by atoms with van der Waals surface area (Å²) in [5.74, 6) is -35.6. The molecule has 162 valence electrons. The van der Waals surface area contributed by atoms with Crippen LogP contribution >= 0.6 is 0 Å². The average molecular weight is 446 g/mol. The van der Waals surface area contributed by atoms with Gasteiger partial charge in [-0.1, -0.05) is 0 Å². The van der Waals surface area contributed by atoms with E-state index in [2.05, 4.69) is 0 Å². The lowest BCUT2D eigenvalue weighted by molar-refractivity contribution is -0.341. The van der Waals surface area contributed by atoms with Gasteiger partial charge >= 0.3 is 29.9 Å². The van der Waals surface area contributed by atoms with E-state index < -0.39 is 64.3 Å². The van der Waals surface area contributed by atoms with Crippen molar-refractivity contribution in [1.29, 1.82) is 0 Å². The number of carbonyl (C=O) groups excluding carboxylic acids is 1. The molecule has 0 spiro atoms. The Balaban J connectivity index is 2.82. The first-order valence-electron chi connectivity index (χ1n) is 7.09. The van der Waals surface area contributed by atoms with Crippen LogP contribution in [0.2, 0.25) is 0 Å². The first-order valence-corrected chi connectivity index (χ1v) is 7.09. The monoisotopic (exact) mass is 446 g/mol. The predicted octanol–water partition coefficient (Wildman–Crippen LogP) is 5.40. The molecule has 1 aliphatic rings. The molecule has 1 N–H and O–H groups in total. The normalized spacial score (nSPS) is 24.3. The van der Waals surface area contributed by atoms with E-state index in [1.54, 1.807) is 0 Å². The molecule has 0 unspecified atom stereocenters. The number of hydrogen-bond acceptors (Lipinski definition) is 2. The van der Waals surface area contributed by atoms with Crippen molar-refractivity contribution in [2.75, 3.05) is 0 Å². The van der Waals surface area contributed by atoms with Crippen LogP contribution in [0.15, 0.2) is 30.3 Å². The smallest absolute Gasteiger partial charge is 0.414 e. The molecule has 29 heavy (non-hydrogen) atoms. The van der Waals surface area contributed by atoms with Crippen LogP contribution in [0, 0.1) is 11.2 Å². The third-order valence-electron chi connectivity index (χ3n) is 4.33. The Morgan fingerprint density at radius 1 is 0.793 bits per heavy atom. The number of hydrogen-bond donors (Lipinski definition) is 1. The van der Waals surface area contributed by atoms with Crippen LogP contribution in [0.5, 0.6) is 0 Å². The van der Waals surface area contributed by atoms with E-state index >= 15 is 0 Å². The lowest BCUT2D eigenvalue weighted by Crippen LogP contribution is -2.64. The number of ketones is 1. The first kappa shape index (κ1) is 22.9. The number of aliphatic hydroxyl groups is 1. The summed E-state index contributed by atoms with van der Waals surface area (Å²) in [4.78, 5) is 11.8. The molecule has 1 aliphatic carbocycles. The van der Waals surface area contributed by atoms with Crippen molar-refractivity contribution >= 4 is 11.5 Å². The Morgan fingerprint density at radius 3 is 1.52 bits per heavy atom. The minimum atomic E-state index is -7.32.